The summed E-state index contributed by atoms with van der Waals surface area (Å²) >= 11 is 6.74. The first-order chi connectivity index (χ1) is 9.15. The van der Waals surface area contributed by atoms with Crippen molar-refractivity contribution >= 4 is 28.7 Å². The fourth-order valence-corrected chi connectivity index (χ4v) is 3.66. The van der Waals surface area contributed by atoms with Crippen LogP contribution < -0.4 is 4.90 Å². The summed E-state index contributed by atoms with van der Waals surface area (Å²) in [6.45, 7) is 6.54. The molecule has 0 aromatic carbocycles. The largest absolute Gasteiger partial charge is 0.348 e. The van der Waals surface area contributed by atoms with Gasteiger partial charge in [0.1, 0.15) is 0 Å². The molecule has 2 aromatic rings. The molecule has 2 aromatic heterocycles. The van der Waals surface area contributed by atoms with Gasteiger partial charge in [-0.3, -0.25) is 10.2 Å². The molecule has 102 valence electrons. The minimum absolute atomic E-state index is 0.376. The topological polar surface area (TPSA) is 60.6 Å². The van der Waals surface area contributed by atoms with Crippen molar-refractivity contribution in [1.82, 2.24) is 20.2 Å². The van der Waals surface area contributed by atoms with Crippen molar-refractivity contribution in [3.05, 3.63) is 10.5 Å². The standard InChI is InChI=1S/C12H17N5S2/c1-7(2)8-9(10-14-11(18)16-15-10)19-12(13-8)17-5-3-4-6-17/h7H,3-6H2,1-2H3,(H2,14,15,16,18). The van der Waals surface area contributed by atoms with Crippen molar-refractivity contribution in [2.24, 2.45) is 0 Å². The van der Waals surface area contributed by atoms with Crippen LogP contribution in [0.2, 0.25) is 0 Å². The minimum Gasteiger partial charge on any atom is -0.348 e. The molecule has 0 radical (unpaired) electrons. The molecule has 5 nitrogen and oxygen atoms in total. The van der Waals surface area contributed by atoms with E-state index in [0.717, 1.165) is 34.6 Å². The Balaban J connectivity index is 2.04. The summed E-state index contributed by atoms with van der Waals surface area (Å²) in [4.78, 5) is 12.6. The first-order valence-electron chi connectivity index (χ1n) is 6.56. The Morgan fingerprint density at radius 2 is 1.95 bits per heavy atom. The van der Waals surface area contributed by atoms with Gasteiger partial charge in [0.15, 0.2) is 11.0 Å². The quantitative estimate of drug-likeness (QED) is 0.853. The zero-order valence-corrected chi connectivity index (χ0v) is 12.7. The molecule has 1 fully saturated rings. The SMILES string of the molecule is CC(C)c1nc(N2CCCC2)sc1-c1nc(=S)[nH][nH]1. The highest BCUT2D eigenvalue weighted by atomic mass is 32.1. The number of anilines is 1. The summed E-state index contributed by atoms with van der Waals surface area (Å²) in [6, 6.07) is 0. The highest BCUT2D eigenvalue weighted by molar-refractivity contribution is 7.71. The maximum Gasteiger partial charge on any atom is 0.213 e. The van der Waals surface area contributed by atoms with Crippen LogP contribution in [0, 0.1) is 4.77 Å². The molecule has 0 aliphatic carbocycles. The average molecular weight is 295 g/mol. The lowest BCUT2D eigenvalue weighted by atomic mass is 10.1. The van der Waals surface area contributed by atoms with Gasteiger partial charge in [0.25, 0.3) is 0 Å². The molecule has 19 heavy (non-hydrogen) atoms. The van der Waals surface area contributed by atoms with E-state index in [1.807, 2.05) is 0 Å². The highest BCUT2D eigenvalue weighted by Gasteiger charge is 2.22. The lowest BCUT2D eigenvalue weighted by molar-refractivity contribution is 0.825. The average Bonchev–Trinajstić information content (AvgIpc) is 3.07. The monoisotopic (exact) mass is 295 g/mol. The third-order valence-corrected chi connectivity index (χ3v) is 4.61. The Kier molecular flexibility index (Phi) is 3.40. The van der Waals surface area contributed by atoms with Crippen LogP contribution in [0.15, 0.2) is 0 Å². The summed E-state index contributed by atoms with van der Waals surface area (Å²) < 4.78 is 0.487. The van der Waals surface area contributed by atoms with Crippen molar-refractivity contribution in [2.75, 3.05) is 18.0 Å². The Morgan fingerprint density at radius 3 is 2.53 bits per heavy atom. The van der Waals surface area contributed by atoms with Crippen LogP contribution in [0.25, 0.3) is 10.7 Å². The van der Waals surface area contributed by atoms with Crippen LogP contribution in [-0.4, -0.2) is 33.3 Å². The number of nitrogens with one attached hydrogen (secondary N) is 2. The molecule has 0 amide bonds. The molecular formula is C12H17N5S2. The van der Waals surface area contributed by atoms with Gasteiger partial charge < -0.3 is 4.90 Å². The summed E-state index contributed by atoms with van der Waals surface area (Å²) in [5.74, 6) is 1.18. The normalized spacial score (nSPS) is 15.6. The van der Waals surface area contributed by atoms with E-state index in [2.05, 4.69) is 33.9 Å². The molecule has 0 saturated carbocycles. The molecule has 3 rings (SSSR count). The van der Waals surface area contributed by atoms with E-state index in [1.165, 1.54) is 12.8 Å². The smallest absolute Gasteiger partial charge is 0.213 e. The predicted molar refractivity (Wildman–Crippen MR) is 80.4 cm³/mol. The first kappa shape index (κ1) is 12.8. The predicted octanol–water partition coefficient (Wildman–Crippen LogP) is 3.31. The van der Waals surface area contributed by atoms with Crippen LogP contribution >= 0.6 is 23.6 Å². The van der Waals surface area contributed by atoms with Crippen molar-refractivity contribution in [3.8, 4) is 10.7 Å². The molecule has 0 spiro atoms. The Hall–Kier alpha value is -1.21. The first-order valence-corrected chi connectivity index (χ1v) is 7.78. The molecule has 0 atom stereocenters. The van der Waals surface area contributed by atoms with E-state index < -0.39 is 0 Å². The van der Waals surface area contributed by atoms with Gasteiger partial charge in [0.2, 0.25) is 4.77 Å². The maximum absolute atomic E-state index is 5.03. The van der Waals surface area contributed by atoms with E-state index in [-0.39, 0.29) is 0 Å². The molecule has 0 bridgehead atoms. The number of aromatic nitrogens is 4. The molecule has 7 heteroatoms. The summed E-state index contributed by atoms with van der Waals surface area (Å²) in [6.07, 6.45) is 2.52. The van der Waals surface area contributed by atoms with Gasteiger partial charge in [-0.1, -0.05) is 25.2 Å². The minimum atomic E-state index is 0.376. The van der Waals surface area contributed by atoms with Crippen LogP contribution in [0.5, 0.6) is 0 Å². The molecule has 0 unspecified atom stereocenters. The second-order valence-corrected chi connectivity index (χ2v) is 6.44. The molecule has 2 N–H and O–H groups in total. The van der Waals surface area contributed by atoms with Crippen molar-refractivity contribution in [3.63, 3.8) is 0 Å². The Labute approximate surface area is 121 Å². The Bertz CT molecular complexity index is 618. The van der Waals surface area contributed by atoms with Crippen molar-refractivity contribution in [1.29, 1.82) is 0 Å². The number of aromatic amines is 2. The number of thiazole rings is 1. The van der Waals surface area contributed by atoms with E-state index in [0.29, 0.717) is 10.7 Å². The fourth-order valence-electron chi connectivity index (χ4n) is 2.30. The van der Waals surface area contributed by atoms with Crippen LogP contribution in [0.4, 0.5) is 5.13 Å². The molecule has 1 aliphatic heterocycles. The summed E-state index contributed by atoms with van der Waals surface area (Å²) in [5, 5.41) is 7.00. The summed E-state index contributed by atoms with van der Waals surface area (Å²) in [7, 11) is 0. The molecule has 3 heterocycles. The van der Waals surface area contributed by atoms with Crippen molar-refractivity contribution < 1.29 is 0 Å². The van der Waals surface area contributed by atoms with Crippen LogP contribution in [0.1, 0.15) is 38.3 Å². The Morgan fingerprint density at radius 1 is 1.21 bits per heavy atom. The molecule has 1 saturated heterocycles. The zero-order chi connectivity index (χ0) is 13.4. The van der Waals surface area contributed by atoms with Gasteiger partial charge in [-0.25, -0.2) is 4.98 Å². The van der Waals surface area contributed by atoms with Gasteiger partial charge >= 0.3 is 0 Å². The molecule has 1 aliphatic rings. The maximum atomic E-state index is 5.03. The number of nitrogens with zero attached hydrogens (tertiary/aromatic N) is 3. The van der Waals surface area contributed by atoms with E-state index in [9.17, 15) is 0 Å². The zero-order valence-electron chi connectivity index (χ0n) is 11.1. The van der Waals surface area contributed by atoms with E-state index >= 15 is 0 Å². The lowest BCUT2D eigenvalue weighted by Crippen LogP contribution is -2.17. The third-order valence-electron chi connectivity index (χ3n) is 3.28. The number of rotatable bonds is 3. The lowest BCUT2D eigenvalue weighted by Gasteiger charge is -2.12. The summed E-state index contributed by atoms with van der Waals surface area (Å²) in [5.41, 5.74) is 1.10. The highest BCUT2D eigenvalue weighted by Crippen LogP contribution is 2.37. The van der Waals surface area contributed by atoms with Crippen LogP contribution in [-0.2, 0) is 0 Å². The van der Waals surface area contributed by atoms with Crippen LogP contribution in [0.3, 0.4) is 0 Å². The van der Waals surface area contributed by atoms with E-state index in [1.54, 1.807) is 11.3 Å². The number of H-pyrrole nitrogens is 2. The van der Waals surface area contributed by atoms with E-state index in [4.69, 9.17) is 17.2 Å². The van der Waals surface area contributed by atoms with Crippen molar-refractivity contribution in [2.45, 2.75) is 32.6 Å². The third kappa shape index (κ3) is 2.44. The van der Waals surface area contributed by atoms with Gasteiger partial charge in [0.05, 0.1) is 10.6 Å². The van der Waals surface area contributed by atoms with Gasteiger partial charge in [-0.05, 0) is 31.0 Å². The van der Waals surface area contributed by atoms with Gasteiger partial charge in [0, 0.05) is 13.1 Å². The number of hydrogen-bond donors (Lipinski definition) is 2. The number of hydrogen-bond acceptors (Lipinski definition) is 5. The fraction of sp³-hybridized carbons (Fsp3) is 0.583. The second kappa shape index (κ2) is 5.05. The second-order valence-electron chi connectivity index (χ2n) is 5.08. The molecular weight excluding hydrogens is 278 g/mol. The van der Waals surface area contributed by atoms with Gasteiger partial charge in [-0.2, -0.15) is 4.98 Å². The van der Waals surface area contributed by atoms with Gasteiger partial charge in [-0.15, -0.1) is 0 Å².